The quantitative estimate of drug-likeness (QED) is 0.739. The van der Waals surface area contributed by atoms with Crippen LogP contribution in [-0.4, -0.2) is 15.7 Å². The molecular weight excluding hydrogens is 200 g/mol. The summed E-state index contributed by atoms with van der Waals surface area (Å²) < 4.78 is 2.03. The number of pyridine rings is 1. The van der Waals surface area contributed by atoms with Gasteiger partial charge in [0, 0.05) is 12.1 Å². The van der Waals surface area contributed by atoms with Gasteiger partial charge in [0.05, 0.1) is 5.52 Å². The van der Waals surface area contributed by atoms with Gasteiger partial charge in [-0.1, -0.05) is 26.8 Å². The largest absolute Gasteiger partial charge is 0.302 e. The van der Waals surface area contributed by atoms with Crippen LogP contribution >= 0.6 is 0 Å². The third-order valence-corrected chi connectivity index (χ3v) is 2.79. The third-order valence-electron chi connectivity index (χ3n) is 2.79. The zero-order chi connectivity index (χ0) is 11.7. The van der Waals surface area contributed by atoms with Crippen LogP contribution in [0.25, 0.3) is 5.52 Å². The highest BCUT2D eigenvalue weighted by atomic mass is 16.1. The van der Waals surface area contributed by atoms with Crippen LogP contribution in [0.4, 0.5) is 0 Å². The smallest absolute Gasteiger partial charge is 0.170 e. The minimum absolute atomic E-state index is 0.313. The van der Waals surface area contributed by atoms with Crippen molar-refractivity contribution in [3.05, 3.63) is 35.4 Å². The van der Waals surface area contributed by atoms with E-state index < -0.39 is 0 Å². The van der Waals surface area contributed by atoms with E-state index in [9.17, 15) is 4.79 Å². The molecule has 0 aliphatic heterocycles. The van der Waals surface area contributed by atoms with Gasteiger partial charge in [-0.15, -0.1) is 0 Å². The minimum Gasteiger partial charge on any atom is -0.302 e. The number of carbonyl (C=O) groups is 1. The highest BCUT2D eigenvalue weighted by molar-refractivity contribution is 5.83. The molecule has 0 amide bonds. The van der Waals surface area contributed by atoms with Crippen LogP contribution < -0.4 is 0 Å². The Kier molecular flexibility index (Phi) is 2.77. The summed E-state index contributed by atoms with van der Waals surface area (Å²) in [5.74, 6) is 1.26. The van der Waals surface area contributed by atoms with Crippen molar-refractivity contribution in [1.82, 2.24) is 9.38 Å². The fraction of sp³-hybridized carbons (Fsp3) is 0.385. The molecule has 16 heavy (non-hydrogen) atoms. The van der Waals surface area contributed by atoms with E-state index in [-0.39, 0.29) is 0 Å². The van der Waals surface area contributed by atoms with E-state index in [1.54, 1.807) is 0 Å². The van der Waals surface area contributed by atoms with Crippen molar-refractivity contribution in [2.24, 2.45) is 0 Å². The Morgan fingerprint density at radius 3 is 2.75 bits per heavy atom. The SMILES string of the molecule is CCc1ccc2c(C=O)nc(C(C)C)n2c1. The average molecular weight is 216 g/mol. The molecule has 0 radical (unpaired) electrons. The van der Waals surface area contributed by atoms with Crippen LogP contribution in [-0.2, 0) is 6.42 Å². The number of aryl methyl sites for hydroxylation is 1. The van der Waals surface area contributed by atoms with E-state index >= 15 is 0 Å². The number of hydrogen-bond acceptors (Lipinski definition) is 2. The maximum absolute atomic E-state index is 10.9. The first kappa shape index (κ1) is 10.9. The summed E-state index contributed by atoms with van der Waals surface area (Å²) in [6.07, 6.45) is 3.89. The predicted octanol–water partition coefficient (Wildman–Crippen LogP) is 2.83. The zero-order valence-electron chi connectivity index (χ0n) is 9.90. The Bertz CT molecular complexity index is 526. The van der Waals surface area contributed by atoms with Crippen molar-refractivity contribution < 1.29 is 4.79 Å². The second-order valence-corrected chi connectivity index (χ2v) is 4.27. The van der Waals surface area contributed by atoms with Crippen LogP contribution in [0.5, 0.6) is 0 Å². The van der Waals surface area contributed by atoms with Gasteiger partial charge in [0.2, 0.25) is 0 Å². The maximum atomic E-state index is 10.9. The van der Waals surface area contributed by atoms with Gasteiger partial charge in [0.25, 0.3) is 0 Å². The highest BCUT2D eigenvalue weighted by Gasteiger charge is 2.12. The number of rotatable bonds is 3. The molecule has 3 nitrogen and oxygen atoms in total. The fourth-order valence-electron chi connectivity index (χ4n) is 1.88. The topological polar surface area (TPSA) is 34.4 Å². The molecule has 0 unspecified atom stereocenters. The Hall–Kier alpha value is -1.64. The molecule has 0 N–H and O–H groups in total. The van der Waals surface area contributed by atoms with Crippen molar-refractivity contribution in [2.45, 2.75) is 33.1 Å². The van der Waals surface area contributed by atoms with E-state index in [1.807, 2.05) is 16.5 Å². The Balaban J connectivity index is 2.75. The molecule has 2 aromatic rings. The summed E-state index contributed by atoms with van der Waals surface area (Å²) in [6.45, 7) is 6.29. The molecule has 0 bridgehead atoms. The van der Waals surface area contributed by atoms with Crippen LogP contribution in [0.3, 0.4) is 0 Å². The number of carbonyl (C=O) groups excluding carboxylic acids is 1. The van der Waals surface area contributed by atoms with E-state index in [4.69, 9.17) is 0 Å². The van der Waals surface area contributed by atoms with Crippen LogP contribution in [0.1, 0.15) is 48.6 Å². The standard InChI is InChI=1S/C13H16N2O/c1-4-10-5-6-12-11(8-16)14-13(9(2)3)15(12)7-10/h5-9H,4H2,1-3H3. The molecule has 0 aromatic carbocycles. The summed E-state index contributed by atoms with van der Waals surface area (Å²) in [6, 6.07) is 4.02. The molecule has 0 aliphatic rings. The molecule has 0 aliphatic carbocycles. The van der Waals surface area contributed by atoms with E-state index in [1.165, 1.54) is 5.56 Å². The molecule has 3 heteroatoms. The molecule has 0 saturated carbocycles. The lowest BCUT2D eigenvalue weighted by molar-refractivity contribution is 0.112. The van der Waals surface area contributed by atoms with Gasteiger partial charge >= 0.3 is 0 Å². The monoisotopic (exact) mass is 216 g/mol. The van der Waals surface area contributed by atoms with Gasteiger partial charge in [0.15, 0.2) is 6.29 Å². The Morgan fingerprint density at radius 1 is 1.44 bits per heavy atom. The molecule has 0 saturated heterocycles. The fourth-order valence-corrected chi connectivity index (χ4v) is 1.88. The van der Waals surface area contributed by atoms with Crippen molar-refractivity contribution in [3.63, 3.8) is 0 Å². The number of aldehydes is 1. The molecule has 2 rings (SSSR count). The molecule has 0 fully saturated rings. The van der Waals surface area contributed by atoms with Gasteiger partial charge in [-0.3, -0.25) is 4.79 Å². The molecule has 0 spiro atoms. The zero-order valence-corrected chi connectivity index (χ0v) is 9.90. The number of nitrogens with zero attached hydrogens (tertiary/aromatic N) is 2. The first-order chi connectivity index (χ1) is 7.67. The Morgan fingerprint density at radius 2 is 2.19 bits per heavy atom. The highest BCUT2D eigenvalue weighted by Crippen LogP contribution is 2.19. The van der Waals surface area contributed by atoms with Crippen molar-refractivity contribution in [1.29, 1.82) is 0 Å². The molecule has 84 valence electrons. The lowest BCUT2D eigenvalue weighted by atomic mass is 10.2. The molecule has 2 heterocycles. The van der Waals surface area contributed by atoms with Crippen molar-refractivity contribution in [3.8, 4) is 0 Å². The average Bonchev–Trinajstić information content (AvgIpc) is 2.66. The number of imidazole rings is 1. The molecule has 0 atom stereocenters. The van der Waals surface area contributed by atoms with E-state index in [2.05, 4.69) is 32.0 Å². The molecule has 2 aromatic heterocycles. The van der Waals surface area contributed by atoms with Gasteiger partial charge in [-0.25, -0.2) is 4.98 Å². The minimum atomic E-state index is 0.313. The van der Waals surface area contributed by atoms with Gasteiger partial charge in [-0.2, -0.15) is 0 Å². The summed E-state index contributed by atoms with van der Waals surface area (Å²) in [5.41, 5.74) is 2.69. The summed E-state index contributed by atoms with van der Waals surface area (Å²) >= 11 is 0. The second-order valence-electron chi connectivity index (χ2n) is 4.27. The van der Waals surface area contributed by atoms with Gasteiger partial charge in [0.1, 0.15) is 11.5 Å². The summed E-state index contributed by atoms with van der Waals surface area (Å²) in [4.78, 5) is 15.3. The van der Waals surface area contributed by atoms with Gasteiger partial charge < -0.3 is 4.40 Å². The third kappa shape index (κ3) is 1.62. The van der Waals surface area contributed by atoms with E-state index in [0.29, 0.717) is 11.6 Å². The lowest BCUT2D eigenvalue weighted by Crippen LogP contribution is -1.97. The second kappa shape index (κ2) is 4.08. The normalized spacial score (nSPS) is 11.2. The Labute approximate surface area is 95.1 Å². The summed E-state index contributed by atoms with van der Waals surface area (Å²) in [5, 5.41) is 0. The maximum Gasteiger partial charge on any atom is 0.170 e. The number of aromatic nitrogens is 2. The van der Waals surface area contributed by atoms with Crippen molar-refractivity contribution in [2.75, 3.05) is 0 Å². The van der Waals surface area contributed by atoms with Crippen molar-refractivity contribution >= 4 is 11.8 Å². The van der Waals surface area contributed by atoms with E-state index in [0.717, 1.165) is 24.0 Å². The predicted molar refractivity (Wildman–Crippen MR) is 64.0 cm³/mol. The number of hydrogen-bond donors (Lipinski definition) is 0. The van der Waals surface area contributed by atoms with Crippen LogP contribution in [0, 0.1) is 0 Å². The first-order valence-electron chi connectivity index (χ1n) is 5.63. The van der Waals surface area contributed by atoms with Gasteiger partial charge in [-0.05, 0) is 18.1 Å². The molecular formula is C13H16N2O. The summed E-state index contributed by atoms with van der Waals surface area (Å²) in [7, 11) is 0. The lowest BCUT2D eigenvalue weighted by Gasteiger charge is -2.05. The van der Waals surface area contributed by atoms with Crippen LogP contribution in [0.15, 0.2) is 18.3 Å². The van der Waals surface area contributed by atoms with Crippen LogP contribution in [0.2, 0.25) is 0 Å². The number of fused-ring (bicyclic) bond motifs is 1. The first-order valence-corrected chi connectivity index (χ1v) is 5.63.